The maximum atomic E-state index is 11.8. The molecule has 2 aromatic rings. The average molecular weight is 325 g/mol. The molecule has 5 nitrogen and oxygen atoms in total. The summed E-state index contributed by atoms with van der Waals surface area (Å²) in [5.41, 5.74) is 0.539. The number of rotatable bonds is 3. The van der Waals surface area contributed by atoms with E-state index < -0.39 is 0 Å². The Bertz CT molecular complexity index is 667. The maximum absolute atomic E-state index is 11.8. The second-order valence-electron chi connectivity index (χ2n) is 3.91. The molecule has 0 aliphatic heterocycles. The first kappa shape index (κ1) is 13.6. The van der Waals surface area contributed by atoms with Crippen LogP contribution in [0.2, 0.25) is 0 Å². The predicted octanol–water partition coefficient (Wildman–Crippen LogP) is 2.48. The molecule has 100 valence electrons. The Morgan fingerprint density at radius 3 is 2.79 bits per heavy atom. The Labute approximate surface area is 118 Å². The third-order valence-electron chi connectivity index (χ3n) is 2.76. The number of H-pyrrole nitrogens is 1. The summed E-state index contributed by atoms with van der Waals surface area (Å²) in [6, 6.07) is 5.34. The molecule has 19 heavy (non-hydrogen) atoms. The number of aromatic amines is 1. The van der Waals surface area contributed by atoms with Crippen molar-refractivity contribution in [1.29, 1.82) is 0 Å². The van der Waals surface area contributed by atoms with Crippen molar-refractivity contribution in [3.63, 3.8) is 0 Å². The largest absolute Gasteiger partial charge is 0.496 e. The van der Waals surface area contributed by atoms with Gasteiger partial charge in [-0.2, -0.15) is 4.98 Å². The molecule has 0 unspecified atom stereocenters. The molecule has 0 aliphatic carbocycles. The molecule has 0 amide bonds. The van der Waals surface area contributed by atoms with Crippen LogP contribution >= 0.6 is 15.9 Å². The summed E-state index contributed by atoms with van der Waals surface area (Å²) in [5.74, 6) is 0.594. The molecule has 1 heterocycles. The van der Waals surface area contributed by atoms with Crippen LogP contribution in [-0.4, -0.2) is 22.2 Å². The quantitative estimate of drug-likeness (QED) is 0.909. The minimum Gasteiger partial charge on any atom is -0.496 e. The lowest BCUT2D eigenvalue weighted by Crippen LogP contribution is -2.14. The van der Waals surface area contributed by atoms with E-state index in [4.69, 9.17) is 4.74 Å². The van der Waals surface area contributed by atoms with Crippen molar-refractivity contribution in [2.45, 2.75) is 13.3 Å². The number of ether oxygens (including phenoxy) is 1. The number of hydrogen-bond donors (Lipinski definition) is 2. The van der Waals surface area contributed by atoms with Gasteiger partial charge in [-0.3, -0.25) is 4.79 Å². The highest BCUT2D eigenvalue weighted by atomic mass is 79.9. The molecule has 1 aromatic carbocycles. The van der Waals surface area contributed by atoms with Gasteiger partial charge in [0.25, 0.3) is 5.56 Å². The molecule has 1 aromatic heterocycles. The lowest BCUT2D eigenvalue weighted by molar-refractivity contribution is 0.415. The molecule has 0 fully saturated rings. The fourth-order valence-electron chi connectivity index (χ4n) is 1.80. The van der Waals surface area contributed by atoms with Gasteiger partial charge < -0.3 is 14.8 Å². The molecule has 0 bridgehead atoms. The van der Waals surface area contributed by atoms with Crippen molar-refractivity contribution in [3.05, 3.63) is 38.6 Å². The molecule has 2 rings (SSSR count). The van der Waals surface area contributed by atoms with E-state index in [1.54, 1.807) is 19.1 Å². The fourth-order valence-corrected chi connectivity index (χ4v) is 2.16. The number of hydrogen-bond acceptors (Lipinski definition) is 4. The number of halogens is 1. The molecule has 0 saturated heterocycles. The minimum absolute atomic E-state index is 0.247. The van der Waals surface area contributed by atoms with Crippen molar-refractivity contribution in [1.82, 2.24) is 9.97 Å². The van der Waals surface area contributed by atoms with Crippen molar-refractivity contribution in [3.8, 4) is 23.0 Å². The Kier molecular flexibility index (Phi) is 3.90. The first-order valence-corrected chi connectivity index (χ1v) is 6.52. The van der Waals surface area contributed by atoms with Gasteiger partial charge in [0.05, 0.1) is 18.2 Å². The van der Waals surface area contributed by atoms with E-state index in [0.29, 0.717) is 17.7 Å². The van der Waals surface area contributed by atoms with Gasteiger partial charge in [-0.05, 0) is 24.6 Å². The van der Waals surface area contributed by atoms with Crippen LogP contribution in [0.4, 0.5) is 0 Å². The highest BCUT2D eigenvalue weighted by Crippen LogP contribution is 2.30. The Hall–Kier alpha value is -1.82. The minimum atomic E-state index is -0.341. The fraction of sp³-hybridized carbons (Fsp3) is 0.231. The van der Waals surface area contributed by atoms with Crippen LogP contribution in [-0.2, 0) is 6.42 Å². The SMILES string of the molecule is CCc1c(O)nc(-c2cc(Br)ccc2OC)[nH]c1=O. The number of nitrogens with one attached hydrogen (secondary N) is 1. The van der Waals surface area contributed by atoms with E-state index in [9.17, 15) is 9.90 Å². The molecule has 0 aliphatic rings. The monoisotopic (exact) mass is 324 g/mol. The summed E-state index contributed by atoms with van der Waals surface area (Å²) < 4.78 is 6.05. The van der Waals surface area contributed by atoms with Crippen LogP contribution in [0, 0.1) is 0 Å². The summed E-state index contributed by atoms with van der Waals surface area (Å²) in [4.78, 5) is 18.5. The summed E-state index contributed by atoms with van der Waals surface area (Å²) in [6.45, 7) is 1.78. The standard InChI is InChI=1S/C13H13BrN2O3/c1-3-8-12(17)15-11(16-13(8)18)9-6-7(14)4-5-10(9)19-2/h4-6H,3H2,1-2H3,(H2,15,16,17,18). The zero-order valence-electron chi connectivity index (χ0n) is 10.5. The molecule has 6 heteroatoms. The number of nitrogens with zero attached hydrogens (tertiary/aromatic N) is 1. The van der Waals surface area contributed by atoms with E-state index in [1.807, 2.05) is 6.07 Å². The van der Waals surface area contributed by atoms with Crippen LogP contribution in [0.1, 0.15) is 12.5 Å². The van der Waals surface area contributed by atoms with Gasteiger partial charge >= 0.3 is 0 Å². The number of aromatic hydroxyl groups is 1. The van der Waals surface area contributed by atoms with Crippen LogP contribution in [0.5, 0.6) is 11.6 Å². The summed E-state index contributed by atoms with van der Waals surface area (Å²) in [7, 11) is 1.53. The third kappa shape index (κ3) is 2.63. The highest BCUT2D eigenvalue weighted by molar-refractivity contribution is 9.10. The van der Waals surface area contributed by atoms with Crippen LogP contribution < -0.4 is 10.3 Å². The van der Waals surface area contributed by atoms with Crippen molar-refractivity contribution >= 4 is 15.9 Å². The summed E-state index contributed by atoms with van der Waals surface area (Å²) in [6.07, 6.45) is 0.421. The van der Waals surface area contributed by atoms with Gasteiger partial charge in [-0.1, -0.05) is 22.9 Å². The van der Waals surface area contributed by atoms with Gasteiger partial charge in [0, 0.05) is 4.47 Å². The first-order chi connectivity index (χ1) is 9.06. The third-order valence-corrected chi connectivity index (χ3v) is 3.26. The van der Waals surface area contributed by atoms with Crippen molar-refractivity contribution < 1.29 is 9.84 Å². The van der Waals surface area contributed by atoms with Crippen LogP contribution in [0.15, 0.2) is 27.5 Å². The van der Waals surface area contributed by atoms with Gasteiger partial charge in [0.2, 0.25) is 5.88 Å². The van der Waals surface area contributed by atoms with E-state index in [-0.39, 0.29) is 22.8 Å². The Morgan fingerprint density at radius 2 is 2.21 bits per heavy atom. The zero-order chi connectivity index (χ0) is 14.0. The lowest BCUT2D eigenvalue weighted by Gasteiger charge is -2.09. The predicted molar refractivity (Wildman–Crippen MR) is 75.6 cm³/mol. The topological polar surface area (TPSA) is 75.2 Å². The molecule has 0 spiro atoms. The zero-order valence-corrected chi connectivity index (χ0v) is 12.1. The highest BCUT2D eigenvalue weighted by Gasteiger charge is 2.13. The molecule has 0 radical (unpaired) electrons. The van der Waals surface area contributed by atoms with Gasteiger partial charge in [-0.15, -0.1) is 0 Å². The van der Waals surface area contributed by atoms with E-state index in [0.717, 1.165) is 4.47 Å². The van der Waals surface area contributed by atoms with Crippen molar-refractivity contribution in [2.75, 3.05) is 7.11 Å². The van der Waals surface area contributed by atoms with Gasteiger partial charge in [0.15, 0.2) is 0 Å². The molecule has 0 saturated carbocycles. The molecule has 0 atom stereocenters. The normalized spacial score (nSPS) is 10.5. The second kappa shape index (κ2) is 5.44. The maximum Gasteiger partial charge on any atom is 0.258 e. The first-order valence-electron chi connectivity index (χ1n) is 5.72. The molecular weight excluding hydrogens is 312 g/mol. The van der Waals surface area contributed by atoms with E-state index in [1.165, 1.54) is 7.11 Å². The summed E-state index contributed by atoms with van der Waals surface area (Å²) >= 11 is 3.35. The van der Waals surface area contributed by atoms with E-state index in [2.05, 4.69) is 25.9 Å². The second-order valence-corrected chi connectivity index (χ2v) is 4.83. The Morgan fingerprint density at radius 1 is 1.47 bits per heavy atom. The van der Waals surface area contributed by atoms with Crippen LogP contribution in [0.25, 0.3) is 11.4 Å². The number of aromatic nitrogens is 2. The summed E-state index contributed by atoms with van der Waals surface area (Å²) in [5, 5.41) is 9.78. The smallest absolute Gasteiger partial charge is 0.258 e. The number of benzene rings is 1. The van der Waals surface area contributed by atoms with E-state index >= 15 is 0 Å². The Balaban J connectivity index is 2.66. The number of methoxy groups -OCH3 is 1. The average Bonchev–Trinajstić information content (AvgIpc) is 2.38. The van der Waals surface area contributed by atoms with Crippen LogP contribution in [0.3, 0.4) is 0 Å². The van der Waals surface area contributed by atoms with Gasteiger partial charge in [0.1, 0.15) is 11.6 Å². The lowest BCUT2D eigenvalue weighted by atomic mass is 10.1. The van der Waals surface area contributed by atoms with Crippen molar-refractivity contribution in [2.24, 2.45) is 0 Å². The molecule has 2 N–H and O–H groups in total. The molecular formula is C13H13BrN2O3. The van der Waals surface area contributed by atoms with Gasteiger partial charge in [-0.25, -0.2) is 0 Å².